The smallest absolute Gasteiger partial charge is 0.241 e. The van der Waals surface area contributed by atoms with Crippen LogP contribution in [0.25, 0.3) is 0 Å². The number of hydrogen-bond acceptors (Lipinski definition) is 5. The SMILES string of the molecule is COc1ccc(OC)c(C2CC(C(=O)N3CCn4cccc4C3C(C)C)NN2)c1. The van der Waals surface area contributed by atoms with Gasteiger partial charge >= 0.3 is 0 Å². The zero-order valence-electron chi connectivity index (χ0n) is 17.5. The summed E-state index contributed by atoms with van der Waals surface area (Å²) in [5.41, 5.74) is 8.72. The summed E-state index contributed by atoms with van der Waals surface area (Å²) in [7, 11) is 3.31. The fourth-order valence-electron chi connectivity index (χ4n) is 4.60. The van der Waals surface area contributed by atoms with Gasteiger partial charge in [0.05, 0.1) is 26.3 Å². The number of rotatable bonds is 5. The summed E-state index contributed by atoms with van der Waals surface area (Å²) in [6.07, 6.45) is 2.76. The number of fused-ring (bicyclic) bond motifs is 1. The first-order chi connectivity index (χ1) is 14.0. The molecule has 2 aromatic rings. The van der Waals surface area contributed by atoms with Gasteiger partial charge < -0.3 is 18.9 Å². The highest BCUT2D eigenvalue weighted by molar-refractivity contribution is 5.83. The van der Waals surface area contributed by atoms with E-state index in [0.29, 0.717) is 12.3 Å². The van der Waals surface area contributed by atoms with Gasteiger partial charge in [0, 0.05) is 30.5 Å². The van der Waals surface area contributed by atoms with E-state index in [1.54, 1.807) is 14.2 Å². The van der Waals surface area contributed by atoms with Gasteiger partial charge in [-0.1, -0.05) is 13.8 Å². The molecule has 0 saturated carbocycles. The Morgan fingerprint density at radius 1 is 1.14 bits per heavy atom. The number of amides is 1. The fourth-order valence-corrected chi connectivity index (χ4v) is 4.60. The second-order valence-corrected chi connectivity index (χ2v) is 8.08. The van der Waals surface area contributed by atoms with Crippen molar-refractivity contribution in [1.29, 1.82) is 0 Å². The fraction of sp³-hybridized carbons (Fsp3) is 0.500. The van der Waals surface area contributed by atoms with Gasteiger partial charge in [0.1, 0.15) is 17.5 Å². The van der Waals surface area contributed by atoms with Crippen molar-refractivity contribution in [1.82, 2.24) is 20.3 Å². The number of nitrogens with one attached hydrogen (secondary N) is 2. The van der Waals surface area contributed by atoms with E-state index in [9.17, 15) is 4.79 Å². The van der Waals surface area contributed by atoms with Crippen LogP contribution in [0.15, 0.2) is 36.5 Å². The van der Waals surface area contributed by atoms with Crippen molar-refractivity contribution in [3.8, 4) is 11.5 Å². The molecule has 0 aliphatic carbocycles. The van der Waals surface area contributed by atoms with Gasteiger partial charge in [0.25, 0.3) is 0 Å². The summed E-state index contributed by atoms with van der Waals surface area (Å²) in [6, 6.07) is 9.74. The van der Waals surface area contributed by atoms with E-state index in [1.807, 2.05) is 23.1 Å². The molecule has 0 radical (unpaired) electrons. The molecule has 1 fully saturated rings. The summed E-state index contributed by atoms with van der Waals surface area (Å²) in [6.45, 7) is 5.93. The minimum Gasteiger partial charge on any atom is -0.497 e. The summed E-state index contributed by atoms with van der Waals surface area (Å²) < 4.78 is 13.2. The number of aromatic nitrogens is 1. The molecule has 29 heavy (non-hydrogen) atoms. The van der Waals surface area contributed by atoms with E-state index in [0.717, 1.165) is 30.2 Å². The molecule has 2 N–H and O–H groups in total. The lowest BCUT2D eigenvalue weighted by atomic mass is 9.95. The minimum absolute atomic E-state index is 0.0276. The quantitative estimate of drug-likeness (QED) is 0.811. The molecule has 3 unspecified atom stereocenters. The molecule has 3 heterocycles. The van der Waals surface area contributed by atoms with Gasteiger partial charge in [-0.05, 0) is 42.7 Å². The number of methoxy groups -OCH3 is 2. The lowest BCUT2D eigenvalue weighted by Gasteiger charge is -2.40. The van der Waals surface area contributed by atoms with Gasteiger partial charge in [0.2, 0.25) is 5.91 Å². The molecule has 0 bridgehead atoms. The average molecular weight is 399 g/mol. The van der Waals surface area contributed by atoms with E-state index in [4.69, 9.17) is 9.47 Å². The van der Waals surface area contributed by atoms with Gasteiger partial charge in [-0.3, -0.25) is 4.79 Å². The predicted molar refractivity (Wildman–Crippen MR) is 111 cm³/mol. The lowest BCUT2D eigenvalue weighted by Crippen LogP contribution is -2.51. The zero-order chi connectivity index (χ0) is 20.5. The maximum atomic E-state index is 13.5. The van der Waals surface area contributed by atoms with Crippen molar-refractivity contribution < 1.29 is 14.3 Å². The maximum absolute atomic E-state index is 13.5. The Bertz CT molecular complexity index is 879. The summed E-state index contributed by atoms with van der Waals surface area (Å²) in [5.74, 6) is 2.05. The number of benzene rings is 1. The normalized spacial score (nSPS) is 23.9. The highest BCUT2D eigenvalue weighted by Crippen LogP contribution is 2.36. The van der Waals surface area contributed by atoms with Crippen LogP contribution in [0.1, 0.15) is 43.6 Å². The summed E-state index contributed by atoms with van der Waals surface area (Å²) in [5, 5.41) is 0. The third-order valence-electron chi connectivity index (χ3n) is 6.01. The van der Waals surface area contributed by atoms with Gasteiger partial charge in [0.15, 0.2) is 0 Å². The van der Waals surface area contributed by atoms with E-state index >= 15 is 0 Å². The Morgan fingerprint density at radius 2 is 1.97 bits per heavy atom. The number of hydrazine groups is 1. The molecule has 1 aromatic carbocycles. The van der Waals surface area contributed by atoms with E-state index in [2.05, 4.69) is 47.6 Å². The monoisotopic (exact) mass is 398 g/mol. The van der Waals surface area contributed by atoms with Crippen molar-refractivity contribution in [3.63, 3.8) is 0 Å². The van der Waals surface area contributed by atoms with Gasteiger partial charge in [-0.2, -0.15) is 0 Å². The summed E-state index contributed by atoms with van der Waals surface area (Å²) in [4.78, 5) is 15.5. The Hall–Kier alpha value is -2.51. The third-order valence-corrected chi connectivity index (χ3v) is 6.01. The Balaban J connectivity index is 1.53. The Kier molecular flexibility index (Phi) is 5.52. The van der Waals surface area contributed by atoms with Crippen molar-refractivity contribution in [3.05, 3.63) is 47.8 Å². The number of ether oxygens (including phenoxy) is 2. The van der Waals surface area contributed by atoms with Crippen LogP contribution in [-0.4, -0.2) is 42.2 Å². The minimum atomic E-state index is -0.279. The highest BCUT2D eigenvalue weighted by atomic mass is 16.5. The lowest BCUT2D eigenvalue weighted by molar-refractivity contribution is -0.138. The number of hydrogen-bond donors (Lipinski definition) is 2. The van der Waals surface area contributed by atoms with Gasteiger partial charge in [-0.25, -0.2) is 10.9 Å². The molecular weight excluding hydrogens is 368 g/mol. The van der Waals surface area contributed by atoms with Crippen LogP contribution < -0.4 is 20.3 Å². The first kappa shape index (κ1) is 19.8. The number of carbonyl (C=O) groups is 1. The zero-order valence-corrected chi connectivity index (χ0v) is 17.5. The van der Waals surface area contributed by atoms with Crippen molar-refractivity contribution in [2.45, 2.75) is 44.9 Å². The molecule has 7 heteroatoms. The second-order valence-electron chi connectivity index (χ2n) is 8.08. The Labute approximate surface area is 171 Å². The Morgan fingerprint density at radius 3 is 2.69 bits per heavy atom. The highest BCUT2D eigenvalue weighted by Gasteiger charge is 2.39. The standard InChI is InChI=1S/C22H30N4O3/c1-14(2)21-19-6-5-9-25(19)10-11-26(21)22(27)18-13-17(23-24-18)16-12-15(28-3)7-8-20(16)29-4/h5-9,12,14,17-18,21,23-24H,10-11,13H2,1-4H3. The van der Waals surface area contributed by atoms with Crippen LogP contribution in [0.2, 0.25) is 0 Å². The molecule has 1 amide bonds. The van der Waals surface area contributed by atoms with Gasteiger partial charge in [-0.15, -0.1) is 0 Å². The van der Waals surface area contributed by atoms with Crippen molar-refractivity contribution in [2.24, 2.45) is 5.92 Å². The van der Waals surface area contributed by atoms with Crippen LogP contribution in [-0.2, 0) is 11.3 Å². The molecule has 2 aliphatic rings. The van der Waals surface area contributed by atoms with Crippen LogP contribution in [0.5, 0.6) is 11.5 Å². The summed E-state index contributed by atoms with van der Waals surface area (Å²) >= 11 is 0. The largest absolute Gasteiger partial charge is 0.497 e. The van der Waals surface area contributed by atoms with Crippen LogP contribution in [0, 0.1) is 5.92 Å². The number of carbonyl (C=O) groups excluding carboxylic acids is 1. The van der Waals surface area contributed by atoms with Crippen molar-refractivity contribution in [2.75, 3.05) is 20.8 Å². The topological polar surface area (TPSA) is 67.8 Å². The maximum Gasteiger partial charge on any atom is 0.241 e. The average Bonchev–Trinajstić information content (AvgIpc) is 3.41. The van der Waals surface area contributed by atoms with Crippen LogP contribution >= 0.6 is 0 Å². The first-order valence-corrected chi connectivity index (χ1v) is 10.2. The van der Waals surface area contributed by atoms with E-state index in [-0.39, 0.29) is 24.0 Å². The van der Waals surface area contributed by atoms with E-state index in [1.165, 1.54) is 5.69 Å². The molecule has 1 aromatic heterocycles. The molecule has 3 atom stereocenters. The molecule has 2 aliphatic heterocycles. The first-order valence-electron chi connectivity index (χ1n) is 10.2. The van der Waals surface area contributed by atoms with E-state index < -0.39 is 0 Å². The molecule has 156 valence electrons. The van der Waals surface area contributed by atoms with Crippen LogP contribution in [0.4, 0.5) is 0 Å². The molecule has 1 saturated heterocycles. The molecule has 7 nitrogen and oxygen atoms in total. The third kappa shape index (κ3) is 3.60. The number of nitrogens with zero attached hydrogens (tertiary/aromatic N) is 2. The second kappa shape index (κ2) is 8.08. The van der Waals surface area contributed by atoms with Crippen LogP contribution in [0.3, 0.4) is 0 Å². The molecule has 0 spiro atoms. The molecule has 4 rings (SSSR count). The van der Waals surface area contributed by atoms with Crippen molar-refractivity contribution >= 4 is 5.91 Å². The molecular formula is C22H30N4O3. The predicted octanol–water partition coefficient (Wildman–Crippen LogP) is 2.65.